The Balaban J connectivity index is 1.86. The Morgan fingerprint density at radius 1 is 1.17 bits per heavy atom. The second kappa shape index (κ2) is 7.93. The molecule has 0 spiro atoms. The maximum Gasteiger partial charge on any atom is 0.335 e. The summed E-state index contributed by atoms with van der Waals surface area (Å²) in [5.74, 6) is -1.97. The van der Waals surface area contributed by atoms with E-state index < -0.39 is 28.5 Å². The van der Waals surface area contributed by atoms with E-state index in [4.69, 9.17) is 5.11 Å². The van der Waals surface area contributed by atoms with Crippen LogP contribution >= 0.6 is 0 Å². The molecule has 1 unspecified atom stereocenters. The number of nitrogens with one attached hydrogen (secondary N) is 1. The van der Waals surface area contributed by atoms with Crippen LogP contribution in [0.1, 0.15) is 44.9 Å². The Kier molecular flexibility index (Phi) is 5.40. The van der Waals surface area contributed by atoms with Crippen LogP contribution in [0.4, 0.5) is 5.69 Å². The van der Waals surface area contributed by atoms with Gasteiger partial charge in [0.05, 0.1) is 28.4 Å². The van der Waals surface area contributed by atoms with Gasteiger partial charge in [0.2, 0.25) is 0 Å². The molecule has 1 amide bonds. The van der Waals surface area contributed by atoms with E-state index in [0.717, 1.165) is 35.1 Å². The predicted octanol–water partition coefficient (Wildman–Crippen LogP) is 3.28. The van der Waals surface area contributed by atoms with Crippen LogP contribution in [0.25, 0.3) is 5.69 Å². The number of aromatic nitrogens is 2. The van der Waals surface area contributed by atoms with E-state index in [1.54, 1.807) is 17.8 Å². The second-order valence-corrected chi connectivity index (χ2v) is 6.46. The van der Waals surface area contributed by atoms with Crippen LogP contribution in [0.2, 0.25) is 0 Å². The van der Waals surface area contributed by atoms with E-state index in [1.807, 2.05) is 37.3 Å². The quantitative estimate of drug-likeness (QED) is 0.488. The number of carbonyl (C=O) groups excluding carboxylic acids is 1. The minimum Gasteiger partial charge on any atom is -0.478 e. The SMILES string of the molecule is Cc1c(C(C)NC(=O)c2cc(C(=O)O)cc([N+](=O)[O-])c2)cnn1-c1ccccc1. The fourth-order valence-electron chi connectivity index (χ4n) is 3.01. The first-order chi connectivity index (χ1) is 13.8. The summed E-state index contributed by atoms with van der Waals surface area (Å²) in [6.07, 6.45) is 1.64. The Morgan fingerprint density at radius 3 is 2.45 bits per heavy atom. The zero-order chi connectivity index (χ0) is 21.1. The van der Waals surface area contributed by atoms with E-state index in [1.165, 1.54) is 0 Å². The van der Waals surface area contributed by atoms with Crippen LogP contribution in [0.15, 0.2) is 54.7 Å². The molecule has 1 heterocycles. The fraction of sp³-hybridized carbons (Fsp3) is 0.150. The van der Waals surface area contributed by atoms with Gasteiger partial charge in [0, 0.05) is 29.0 Å². The van der Waals surface area contributed by atoms with E-state index >= 15 is 0 Å². The van der Waals surface area contributed by atoms with Gasteiger partial charge in [0.15, 0.2) is 0 Å². The van der Waals surface area contributed by atoms with Crippen LogP contribution in [-0.2, 0) is 0 Å². The molecule has 148 valence electrons. The summed E-state index contributed by atoms with van der Waals surface area (Å²) < 4.78 is 1.74. The number of nitrogens with zero attached hydrogens (tertiary/aromatic N) is 3. The number of para-hydroxylation sites is 1. The van der Waals surface area contributed by atoms with Gasteiger partial charge in [-0.3, -0.25) is 14.9 Å². The number of carbonyl (C=O) groups is 2. The van der Waals surface area contributed by atoms with Crippen molar-refractivity contribution in [1.82, 2.24) is 15.1 Å². The van der Waals surface area contributed by atoms with Crippen molar-refractivity contribution >= 4 is 17.6 Å². The molecule has 2 aromatic carbocycles. The number of nitro benzene ring substituents is 1. The van der Waals surface area contributed by atoms with Crippen LogP contribution in [-0.4, -0.2) is 31.7 Å². The van der Waals surface area contributed by atoms with Crippen LogP contribution in [0.5, 0.6) is 0 Å². The molecule has 0 aliphatic heterocycles. The number of benzene rings is 2. The standard InChI is InChI=1S/C20H18N4O5/c1-12(18-11-21-23(13(18)2)16-6-4-3-5-7-16)22-19(25)14-8-15(20(26)27)10-17(9-14)24(28)29/h3-12H,1-2H3,(H,22,25)(H,26,27). The molecule has 3 aromatic rings. The summed E-state index contributed by atoms with van der Waals surface area (Å²) in [5, 5.41) is 27.3. The first kappa shape index (κ1) is 19.7. The molecular formula is C20H18N4O5. The van der Waals surface area contributed by atoms with Gasteiger partial charge in [-0.15, -0.1) is 0 Å². The average Bonchev–Trinajstić information content (AvgIpc) is 3.09. The molecule has 0 saturated carbocycles. The van der Waals surface area contributed by atoms with Gasteiger partial charge in [-0.2, -0.15) is 5.10 Å². The lowest BCUT2D eigenvalue weighted by Gasteiger charge is -2.14. The Bertz CT molecular complexity index is 1060. The molecule has 1 atom stereocenters. The third kappa shape index (κ3) is 4.13. The molecule has 0 aliphatic rings. The summed E-state index contributed by atoms with van der Waals surface area (Å²) in [6, 6.07) is 12.1. The van der Waals surface area contributed by atoms with Crippen molar-refractivity contribution in [2.45, 2.75) is 19.9 Å². The number of hydrogen-bond donors (Lipinski definition) is 2. The highest BCUT2D eigenvalue weighted by Gasteiger charge is 2.21. The molecule has 3 rings (SSSR count). The molecular weight excluding hydrogens is 376 g/mol. The normalized spacial score (nSPS) is 11.7. The van der Waals surface area contributed by atoms with Crippen molar-refractivity contribution in [2.75, 3.05) is 0 Å². The molecule has 9 heteroatoms. The zero-order valence-electron chi connectivity index (χ0n) is 15.7. The third-order valence-corrected chi connectivity index (χ3v) is 4.50. The summed E-state index contributed by atoms with van der Waals surface area (Å²) in [7, 11) is 0. The lowest BCUT2D eigenvalue weighted by molar-refractivity contribution is -0.384. The second-order valence-electron chi connectivity index (χ2n) is 6.46. The zero-order valence-corrected chi connectivity index (χ0v) is 15.7. The minimum atomic E-state index is -1.35. The Hall–Kier alpha value is -4.01. The molecule has 0 radical (unpaired) electrons. The number of rotatable bonds is 6. The van der Waals surface area contributed by atoms with Gasteiger partial charge in [-0.05, 0) is 32.0 Å². The Labute approximate surface area is 165 Å². The van der Waals surface area contributed by atoms with Gasteiger partial charge < -0.3 is 10.4 Å². The number of nitro groups is 1. The van der Waals surface area contributed by atoms with Crippen LogP contribution < -0.4 is 5.32 Å². The van der Waals surface area contributed by atoms with E-state index in [2.05, 4.69) is 10.4 Å². The van der Waals surface area contributed by atoms with Gasteiger partial charge in [-0.25, -0.2) is 9.48 Å². The molecule has 2 N–H and O–H groups in total. The van der Waals surface area contributed by atoms with Crippen molar-refractivity contribution in [2.24, 2.45) is 0 Å². The lowest BCUT2D eigenvalue weighted by atomic mass is 10.1. The number of hydrogen-bond acceptors (Lipinski definition) is 5. The highest BCUT2D eigenvalue weighted by atomic mass is 16.6. The molecule has 0 saturated heterocycles. The maximum atomic E-state index is 12.6. The number of amides is 1. The summed E-state index contributed by atoms with van der Waals surface area (Å²) in [4.78, 5) is 34.1. The molecule has 0 aliphatic carbocycles. The lowest BCUT2D eigenvalue weighted by Crippen LogP contribution is -2.27. The van der Waals surface area contributed by atoms with Gasteiger partial charge in [0.25, 0.3) is 11.6 Å². The van der Waals surface area contributed by atoms with E-state index in [0.29, 0.717) is 0 Å². The summed E-state index contributed by atoms with van der Waals surface area (Å²) in [6.45, 7) is 3.63. The van der Waals surface area contributed by atoms with Crippen molar-refractivity contribution < 1.29 is 19.6 Å². The largest absolute Gasteiger partial charge is 0.478 e. The molecule has 29 heavy (non-hydrogen) atoms. The molecule has 0 fully saturated rings. The summed E-state index contributed by atoms with van der Waals surface area (Å²) in [5.41, 5.74) is 1.58. The van der Waals surface area contributed by atoms with Crippen LogP contribution in [0, 0.1) is 17.0 Å². The molecule has 9 nitrogen and oxygen atoms in total. The van der Waals surface area contributed by atoms with Gasteiger partial charge in [0.1, 0.15) is 0 Å². The topological polar surface area (TPSA) is 127 Å². The van der Waals surface area contributed by atoms with Crippen LogP contribution in [0.3, 0.4) is 0 Å². The van der Waals surface area contributed by atoms with Crippen molar-refractivity contribution in [1.29, 1.82) is 0 Å². The maximum absolute atomic E-state index is 12.6. The van der Waals surface area contributed by atoms with Crippen molar-refractivity contribution in [3.8, 4) is 5.69 Å². The molecule has 1 aromatic heterocycles. The average molecular weight is 394 g/mol. The van der Waals surface area contributed by atoms with E-state index in [9.17, 15) is 19.7 Å². The summed E-state index contributed by atoms with van der Waals surface area (Å²) >= 11 is 0. The smallest absolute Gasteiger partial charge is 0.335 e. The first-order valence-corrected chi connectivity index (χ1v) is 8.71. The molecule has 0 bridgehead atoms. The van der Waals surface area contributed by atoms with Gasteiger partial charge in [-0.1, -0.05) is 18.2 Å². The van der Waals surface area contributed by atoms with E-state index in [-0.39, 0.29) is 11.1 Å². The number of aromatic carboxylic acids is 1. The van der Waals surface area contributed by atoms with Crippen molar-refractivity contribution in [3.05, 3.63) is 87.2 Å². The number of carboxylic acid groups (broad SMARTS) is 1. The minimum absolute atomic E-state index is 0.100. The first-order valence-electron chi connectivity index (χ1n) is 8.71. The predicted molar refractivity (Wildman–Crippen MR) is 104 cm³/mol. The third-order valence-electron chi connectivity index (χ3n) is 4.50. The highest BCUT2D eigenvalue weighted by Crippen LogP contribution is 2.22. The van der Waals surface area contributed by atoms with Gasteiger partial charge >= 0.3 is 5.97 Å². The Morgan fingerprint density at radius 2 is 1.83 bits per heavy atom. The fourth-order valence-corrected chi connectivity index (χ4v) is 3.01. The van der Waals surface area contributed by atoms with Crippen molar-refractivity contribution in [3.63, 3.8) is 0 Å². The number of carboxylic acids is 1. The highest BCUT2D eigenvalue weighted by molar-refractivity contribution is 5.98. The number of non-ortho nitro benzene ring substituents is 1. The monoisotopic (exact) mass is 394 g/mol.